The van der Waals surface area contributed by atoms with Crippen molar-refractivity contribution in [2.45, 2.75) is 39.3 Å². The number of hydrogen-bond donors (Lipinski definition) is 1. The Balaban J connectivity index is 1.99. The van der Waals surface area contributed by atoms with E-state index in [0.29, 0.717) is 24.1 Å². The minimum atomic E-state index is 0.465. The average Bonchev–Trinajstić information content (AvgIpc) is 2.53. The fraction of sp³-hybridized carbons (Fsp3) is 0.333. The number of hydrogen-bond acceptors (Lipinski definition) is 2. The summed E-state index contributed by atoms with van der Waals surface area (Å²) in [7, 11) is 0. The van der Waals surface area contributed by atoms with Crippen molar-refractivity contribution in [1.82, 2.24) is 0 Å². The van der Waals surface area contributed by atoms with Crippen LogP contribution in [0.5, 0.6) is 5.75 Å². The molecule has 21 heavy (non-hydrogen) atoms. The first-order valence-corrected chi connectivity index (χ1v) is 7.72. The maximum atomic E-state index is 6.22. The van der Waals surface area contributed by atoms with Crippen LogP contribution in [-0.4, -0.2) is 0 Å². The molecule has 0 heterocycles. The molecule has 0 saturated heterocycles. The molecule has 0 bridgehead atoms. The van der Waals surface area contributed by atoms with Crippen molar-refractivity contribution >= 4 is 11.6 Å². The monoisotopic (exact) mass is 303 g/mol. The van der Waals surface area contributed by atoms with Crippen LogP contribution in [0.2, 0.25) is 5.02 Å². The van der Waals surface area contributed by atoms with E-state index in [0.717, 1.165) is 23.3 Å². The molecule has 1 unspecified atom stereocenters. The van der Waals surface area contributed by atoms with Gasteiger partial charge in [-0.25, -0.2) is 0 Å². The van der Waals surface area contributed by atoms with Gasteiger partial charge in [0.2, 0.25) is 0 Å². The lowest BCUT2D eigenvalue weighted by atomic mass is 9.99. The Morgan fingerprint density at radius 1 is 1.14 bits per heavy atom. The van der Waals surface area contributed by atoms with E-state index in [1.165, 1.54) is 5.56 Å². The van der Waals surface area contributed by atoms with Crippen LogP contribution in [0, 0.1) is 0 Å². The van der Waals surface area contributed by atoms with Crippen LogP contribution >= 0.6 is 11.6 Å². The summed E-state index contributed by atoms with van der Waals surface area (Å²) in [5.74, 6) is 1.44. The van der Waals surface area contributed by atoms with Crippen molar-refractivity contribution < 1.29 is 4.74 Å². The van der Waals surface area contributed by atoms with E-state index in [1.807, 2.05) is 30.3 Å². The third-order valence-electron chi connectivity index (χ3n) is 3.81. The van der Waals surface area contributed by atoms with Crippen LogP contribution in [0.1, 0.15) is 42.9 Å². The number of ether oxygens (including phenoxy) is 1. The Hall–Kier alpha value is -1.51. The van der Waals surface area contributed by atoms with Gasteiger partial charge in [0.25, 0.3) is 0 Å². The Morgan fingerprint density at radius 3 is 2.43 bits per heavy atom. The first kappa shape index (κ1) is 15.9. The first-order valence-electron chi connectivity index (χ1n) is 7.34. The Labute approximate surface area is 131 Å². The van der Waals surface area contributed by atoms with E-state index in [4.69, 9.17) is 22.1 Å². The SMILES string of the molecule is CCC(C)c1ccc(OCc2ccc(CN)cc2Cl)cc1. The molecular weight excluding hydrogens is 282 g/mol. The van der Waals surface area contributed by atoms with Crippen LogP contribution in [0.25, 0.3) is 0 Å². The summed E-state index contributed by atoms with van der Waals surface area (Å²) in [6.07, 6.45) is 1.14. The molecule has 2 aromatic carbocycles. The standard InChI is InChI=1S/C18H22ClNO/c1-3-13(2)15-6-8-17(9-7-15)21-12-16-5-4-14(11-20)10-18(16)19/h4-10,13H,3,11-12,20H2,1-2H3. The molecule has 0 aromatic heterocycles. The van der Waals surface area contributed by atoms with Crippen molar-refractivity contribution in [3.8, 4) is 5.75 Å². The molecule has 0 fully saturated rings. The summed E-state index contributed by atoms with van der Waals surface area (Å²) in [5, 5.41) is 0.703. The predicted octanol–water partition coefficient (Wildman–Crippen LogP) is 4.89. The van der Waals surface area contributed by atoms with Gasteiger partial charge in [-0.15, -0.1) is 0 Å². The van der Waals surface area contributed by atoms with Gasteiger partial charge in [0.05, 0.1) is 0 Å². The number of halogens is 1. The van der Waals surface area contributed by atoms with Crippen LogP contribution in [0.3, 0.4) is 0 Å². The topological polar surface area (TPSA) is 35.2 Å². The Kier molecular flexibility index (Phi) is 5.66. The third kappa shape index (κ3) is 4.23. The first-order chi connectivity index (χ1) is 10.1. The summed E-state index contributed by atoms with van der Waals surface area (Å²) in [6, 6.07) is 14.1. The van der Waals surface area contributed by atoms with Crippen LogP contribution in [-0.2, 0) is 13.2 Å². The minimum Gasteiger partial charge on any atom is -0.489 e. The van der Waals surface area contributed by atoms with E-state index in [2.05, 4.69) is 26.0 Å². The molecule has 2 nitrogen and oxygen atoms in total. The third-order valence-corrected chi connectivity index (χ3v) is 4.16. The normalized spacial score (nSPS) is 12.2. The highest BCUT2D eigenvalue weighted by molar-refractivity contribution is 6.31. The van der Waals surface area contributed by atoms with Gasteiger partial charge in [0.1, 0.15) is 12.4 Å². The van der Waals surface area contributed by atoms with E-state index in [9.17, 15) is 0 Å². The molecule has 2 aromatic rings. The van der Waals surface area contributed by atoms with Crippen molar-refractivity contribution in [2.75, 3.05) is 0 Å². The Morgan fingerprint density at radius 2 is 1.86 bits per heavy atom. The fourth-order valence-corrected chi connectivity index (χ4v) is 2.38. The minimum absolute atomic E-state index is 0.465. The van der Waals surface area contributed by atoms with E-state index < -0.39 is 0 Å². The zero-order valence-corrected chi connectivity index (χ0v) is 13.4. The largest absolute Gasteiger partial charge is 0.489 e. The van der Waals surface area contributed by atoms with Crippen molar-refractivity contribution in [3.05, 3.63) is 64.2 Å². The molecule has 0 saturated carbocycles. The lowest BCUT2D eigenvalue weighted by molar-refractivity contribution is 0.306. The van der Waals surface area contributed by atoms with Crippen molar-refractivity contribution in [1.29, 1.82) is 0 Å². The summed E-state index contributed by atoms with van der Waals surface area (Å²) < 4.78 is 5.80. The number of rotatable bonds is 6. The quantitative estimate of drug-likeness (QED) is 0.824. The van der Waals surface area contributed by atoms with Crippen LogP contribution < -0.4 is 10.5 Å². The van der Waals surface area contributed by atoms with Gasteiger partial charge in [-0.3, -0.25) is 0 Å². The molecule has 1 atom stereocenters. The van der Waals surface area contributed by atoms with Gasteiger partial charge >= 0.3 is 0 Å². The number of benzene rings is 2. The lowest BCUT2D eigenvalue weighted by Gasteiger charge is -2.11. The molecule has 3 heteroatoms. The molecule has 0 spiro atoms. The summed E-state index contributed by atoms with van der Waals surface area (Å²) in [6.45, 7) is 5.39. The van der Waals surface area contributed by atoms with Gasteiger partial charge in [-0.1, -0.05) is 49.7 Å². The second-order valence-electron chi connectivity index (χ2n) is 5.30. The molecule has 0 aliphatic carbocycles. The fourth-order valence-electron chi connectivity index (χ4n) is 2.12. The molecule has 0 aliphatic rings. The van der Waals surface area contributed by atoms with E-state index >= 15 is 0 Å². The highest BCUT2D eigenvalue weighted by Gasteiger charge is 2.05. The van der Waals surface area contributed by atoms with Gasteiger partial charge in [-0.2, -0.15) is 0 Å². The highest BCUT2D eigenvalue weighted by Crippen LogP contribution is 2.23. The molecule has 0 aliphatic heterocycles. The average molecular weight is 304 g/mol. The number of nitrogens with two attached hydrogens (primary N) is 1. The van der Waals surface area contributed by atoms with Crippen LogP contribution in [0.15, 0.2) is 42.5 Å². The maximum absolute atomic E-state index is 6.22. The van der Waals surface area contributed by atoms with Gasteiger partial charge < -0.3 is 10.5 Å². The van der Waals surface area contributed by atoms with Crippen molar-refractivity contribution in [2.24, 2.45) is 5.73 Å². The molecule has 0 radical (unpaired) electrons. The molecule has 2 rings (SSSR count). The summed E-state index contributed by atoms with van der Waals surface area (Å²) in [5.41, 5.74) is 8.94. The lowest BCUT2D eigenvalue weighted by Crippen LogP contribution is -2.00. The van der Waals surface area contributed by atoms with E-state index in [-0.39, 0.29) is 0 Å². The van der Waals surface area contributed by atoms with Crippen molar-refractivity contribution in [3.63, 3.8) is 0 Å². The zero-order valence-electron chi connectivity index (χ0n) is 12.6. The smallest absolute Gasteiger partial charge is 0.119 e. The molecule has 112 valence electrons. The second-order valence-corrected chi connectivity index (χ2v) is 5.70. The van der Waals surface area contributed by atoms with Crippen LogP contribution in [0.4, 0.5) is 0 Å². The van der Waals surface area contributed by atoms with E-state index in [1.54, 1.807) is 0 Å². The maximum Gasteiger partial charge on any atom is 0.119 e. The molecule has 2 N–H and O–H groups in total. The summed E-state index contributed by atoms with van der Waals surface area (Å²) in [4.78, 5) is 0. The van der Waals surface area contributed by atoms with Gasteiger partial charge in [0, 0.05) is 17.1 Å². The molecule has 0 amide bonds. The van der Waals surface area contributed by atoms with Gasteiger partial charge in [-0.05, 0) is 41.7 Å². The predicted molar refractivity (Wildman–Crippen MR) is 88.8 cm³/mol. The highest BCUT2D eigenvalue weighted by atomic mass is 35.5. The van der Waals surface area contributed by atoms with Gasteiger partial charge in [0.15, 0.2) is 0 Å². The molecular formula is C18H22ClNO. The zero-order chi connectivity index (χ0) is 15.2. The summed E-state index contributed by atoms with van der Waals surface area (Å²) >= 11 is 6.22. The Bertz CT molecular complexity index is 580. The second kappa shape index (κ2) is 7.48.